The van der Waals surface area contributed by atoms with Crippen LogP contribution in [0.5, 0.6) is 0 Å². The average molecular weight is 197 g/mol. The second-order valence-electron chi connectivity index (χ2n) is 2.99. The van der Waals surface area contributed by atoms with Gasteiger partial charge in [0.2, 0.25) is 0 Å². The molecule has 0 aliphatic rings. The van der Waals surface area contributed by atoms with Crippen molar-refractivity contribution in [2.75, 3.05) is 12.3 Å². The van der Waals surface area contributed by atoms with Crippen LogP contribution in [0, 0.1) is 6.92 Å². The smallest absolute Gasteiger partial charge is 0.307 e. The summed E-state index contributed by atoms with van der Waals surface area (Å²) < 4.78 is 6.50. The molecule has 0 radical (unpaired) electrons. The van der Waals surface area contributed by atoms with E-state index in [1.54, 1.807) is 17.7 Å². The molecule has 1 rings (SSSR count). The topological polar surface area (TPSA) is 70.1 Å². The Morgan fingerprint density at radius 3 is 2.93 bits per heavy atom. The van der Waals surface area contributed by atoms with E-state index in [4.69, 9.17) is 10.5 Å². The second-order valence-corrected chi connectivity index (χ2v) is 2.99. The first kappa shape index (κ1) is 10.6. The monoisotopic (exact) mass is 197 g/mol. The van der Waals surface area contributed by atoms with Gasteiger partial charge in [0, 0.05) is 11.8 Å². The Hall–Kier alpha value is -1.52. The van der Waals surface area contributed by atoms with Crippen molar-refractivity contribution < 1.29 is 9.53 Å². The van der Waals surface area contributed by atoms with Gasteiger partial charge in [0.1, 0.15) is 5.82 Å². The van der Waals surface area contributed by atoms with Crippen molar-refractivity contribution in [3.05, 3.63) is 11.8 Å². The molecule has 1 heterocycles. The van der Waals surface area contributed by atoms with Crippen LogP contribution in [-0.4, -0.2) is 22.4 Å². The number of esters is 1. The first-order valence-corrected chi connectivity index (χ1v) is 4.59. The lowest BCUT2D eigenvalue weighted by atomic mass is 10.4. The van der Waals surface area contributed by atoms with E-state index in [1.807, 2.05) is 6.92 Å². The summed E-state index contributed by atoms with van der Waals surface area (Å²) in [4.78, 5) is 11.0. The first-order chi connectivity index (χ1) is 6.63. The van der Waals surface area contributed by atoms with Crippen LogP contribution in [-0.2, 0) is 16.1 Å². The van der Waals surface area contributed by atoms with E-state index in [2.05, 4.69) is 5.10 Å². The number of aromatic nitrogens is 2. The van der Waals surface area contributed by atoms with Crippen molar-refractivity contribution in [3.8, 4) is 0 Å². The lowest BCUT2D eigenvalue weighted by Crippen LogP contribution is -2.10. The Labute approximate surface area is 82.8 Å². The zero-order chi connectivity index (χ0) is 10.6. The normalized spacial score (nSPS) is 10.1. The van der Waals surface area contributed by atoms with Gasteiger partial charge in [0.15, 0.2) is 0 Å². The molecule has 0 aliphatic carbocycles. The molecular weight excluding hydrogens is 182 g/mol. The molecule has 0 saturated carbocycles. The molecule has 1 aromatic rings. The largest absolute Gasteiger partial charge is 0.466 e. The van der Waals surface area contributed by atoms with Crippen LogP contribution in [0.3, 0.4) is 0 Å². The molecule has 0 unspecified atom stereocenters. The van der Waals surface area contributed by atoms with Gasteiger partial charge in [0.05, 0.1) is 19.6 Å². The lowest BCUT2D eigenvalue weighted by Gasteiger charge is -2.03. The van der Waals surface area contributed by atoms with Crippen LogP contribution in [0.1, 0.15) is 19.0 Å². The number of carbonyl (C=O) groups is 1. The minimum absolute atomic E-state index is 0.207. The van der Waals surface area contributed by atoms with E-state index in [1.165, 1.54) is 0 Å². The van der Waals surface area contributed by atoms with Crippen molar-refractivity contribution in [1.82, 2.24) is 9.78 Å². The molecule has 2 N–H and O–H groups in total. The highest BCUT2D eigenvalue weighted by Gasteiger charge is 2.05. The van der Waals surface area contributed by atoms with Crippen LogP contribution < -0.4 is 5.73 Å². The predicted molar refractivity (Wildman–Crippen MR) is 52.6 cm³/mol. The van der Waals surface area contributed by atoms with Crippen molar-refractivity contribution in [3.63, 3.8) is 0 Å². The zero-order valence-corrected chi connectivity index (χ0v) is 8.49. The summed E-state index contributed by atoms with van der Waals surface area (Å²) in [6.45, 7) is 4.62. The molecule has 5 nitrogen and oxygen atoms in total. The van der Waals surface area contributed by atoms with Gasteiger partial charge >= 0.3 is 5.97 Å². The highest BCUT2D eigenvalue weighted by Crippen LogP contribution is 2.05. The summed E-state index contributed by atoms with van der Waals surface area (Å²) in [5.41, 5.74) is 6.45. The maximum absolute atomic E-state index is 11.0. The molecule has 0 atom stereocenters. The quantitative estimate of drug-likeness (QED) is 0.722. The van der Waals surface area contributed by atoms with Gasteiger partial charge in [-0.1, -0.05) is 0 Å². The third-order valence-corrected chi connectivity index (χ3v) is 1.83. The SMILES string of the molecule is CCOC(=O)CCn1nc(N)cc1C. The van der Waals surface area contributed by atoms with Gasteiger partial charge in [0.25, 0.3) is 0 Å². The fourth-order valence-corrected chi connectivity index (χ4v) is 1.19. The van der Waals surface area contributed by atoms with E-state index in [0.717, 1.165) is 5.69 Å². The molecular formula is C9H15N3O2. The van der Waals surface area contributed by atoms with Crippen molar-refractivity contribution in [2.45, 2.75) is 26.8 Å². The minimum atomic E-state index is -0.207. The highest BCUT2D eigenvalue weighted by atomic mass is 16.5. The summed E-state index contributed by atoms with van der Waals surface area (Å²) >= 11 is 0. The summed E-state index contributed by atoms with van der Waals surface area (Å²) in [7, 11) is 0. The third-order valence-electron chi connectivity index (χ3n) is 1.83. The van der Waals surface area contributed by atoms with E-state index < -0.39 is 0 Å². The third kappa shape index (κ3) is 2.76. The Balaban J connectivity index is 2.45. The fourth-order valence-electron chi connectivity index (χ4n) is 1.19. The zero-order valence-electron chi connectivity index (χ0n) is 8.49. The Morgan fingerprint density at radius 2 is 2.43 bits per heavy atom. The van der Waals surface area contributed by atoms with Crippen LogP contribution in [0.15, 0.2) is 6.07 Å². The molecule has 0 aromatic carbocycles. The molecule has 14 heavy (non-hydrogen) atoms. The molecule has 0 aliphatic heterocycles. The van der Waals surface area contributed by atoms with E-state index in [9.17, 15) is 4.79 Å². The van der Waals surface area contributed by atoms with Crippen molar-refractivity contribution >= 4 is 11.8 Å². The minimum Gasteiger partial charge on any atom is -0.466 e. The molecule has 5 heteroatoms. The van der Waals surface area contributed by atoms with E-state index in [0.29, 0.717) is 25.4 Å². The van der Waals surface area contributed by atoms with E-state index in [-0.39, 0.29) is 5.97 Å². The summed E-state index contributed by atoms with van der Waals surface area (Å²) in [5, 5.41) is 4.03. The van der Waals surface area contributed by atoms with Crippen LogP contribution >= 0.6 is 0 Å². The van der Waals surface area contributed by atoms with Gasteiger partial charge in [-0.3, -0.25) is 9.48 Å². The van der Waals surface area contributed by atoms with Crippen LogP contribution in [0.25, 0.3) is 0 Å². The molecule has 0 bridgehead atoms. The number of nitrogen functional groups attached to an aromatic ring is 1. The Morgan fingerprint density at radius 1 is 1.71 bits per heavy atom. The number of carbonyl (C=O) groups excluding carboxylic acids is 1. The van der Waals surface area contributed by atoms with Gasteiger partial charge in [-0.25, -0.2) is 0 Å². The maximum Gasteiger partial charge on any atom is 0.307 e. The highest BCUT2D eigenvalue weighted by molar-refractivity contribution is 5.69. The maximum atomic E-state index is 11.0. The molecule has 78 valence electrons. The molecule has 0 saturated heterocycles. The number of nitrogens with two attached hydrogens (primary N) is 1. The number of hydrogen-bond donors (Lipinski definition) is 1. The van der Waals surface area contributed by atoms with Crippen LogP contribution in [0.2, 0.25) is 0 Å². The van der Waals surface area contributed by atoms with Gasteiger partial charge < -0.3 is 10.5 Å². The average Bonchev–Trinajstić information content (AvgIpc) is 2.42. The second kappa shape index (κ2) is 4.64. The van der Waals surface area contributed by atoms with Crippen molar-refractivity contribution in [2.24, 2.45) is 0 Å². The number of aryl methyl sites for hydroxylation is 2. The molecule has 1 aromatic heterocycles. The number of rotatable bonds is 4. The number of ether oxygens (including phenoxy) is 1. The Bertz CT molecular complexity index is 320. The Kier molecular flexibility index (Phi) is 3.50. The molecule has 0 spiro atoms. The van der Waals surface area contributed by atoms with Gasteiger partial charge in [-0.15, -0.1) is 0 Å². The molecule has 0 fully saturated rings. The lowest BCUT2D eigenvalue weighted by molar-refractivity contribution is -0.143. The van der Waals surface area contributed by atoms with Gasteiger partial charge in [-0.2, -0.15) is 5.10 Å². The van der Waals surface area contributed by atoms with E-state index >= 15 is 0 Å². The molecule has 0 amide bonds. The summed E-state index contributed by atoms with van der Waals surface area (Å²) in [6.07, 6.45) is 0.329. The number of nitrogens with zero attached hydrogens (tertiary/aromatic N) is 2. The fraction of sp³-hybridized carbons (Fsp3) is 0.556. The van der Waals surface area contributed by atoms with Gasteiger partial charge in [-0.05, 0) is 13.8 Å². The summed E-state index contributed by atoms with van der Waals surface area (Å²) in [5.74, 6) is 0.271. The number of hydrogen-bond acceptors (Lipinski definition) is 4. The van der Waals surface area contributed by atoms with Crippen molar-refractivity contribution in [1.29, 1.82) is 0 Å². The van der Waals surface area contributed by atoms with Crippen LogP contribution in [0.4, 0.5) is 5.82 Å². The summed E-state index contributed by atoms with van der Waals surface area (Å²) in [6, 6.07) is 1.77. The first-order valence-electron chi connectivity index (χ1n) is 4.59. The standard InChI is InChI=1S/C9H15N3O2/c1-3-14-9(13)4-5-12-7(2)6-8(10)11-12/h6H,3-5H2,1-2H3,(H2,10,11). The number of anilines is 1. The predicted octanol–water partition coefficient (Wildman–Crippen LogP) is 0.727.